The molecule has 208 valence electrons. The summed E-state index contributed by atoms with van der Waals surface area (Å²) in [5.41, 5.74) is 11.6. The second-order valence-electron chi connectivity index (χ2n) is 10.2. The highest BCUT2D eigenvalue weighted by atomic mass is 15.2. The van der Waals surface area contributed by atoms with E-state index in [-0.39, 0.29) is 12.0 Å². The summed E-state index contributed by atoms with van der Waals surface area (Å²) >= 11 is 0. The van der Waals surface area contributed by atoms with Crippen LogP contribution in [-0.4, -0.2) is 10.6 Å². The number of anilines is 2. The van der Waals surface area contributed by atoms with Gasteiger partial charge in [0.05, 0.1) is 17.3 Å². The predicted molar refractivity (Wildman–Crippen MR) is 181 cm³/mol. The number of fused-ring (bicyclic) bond motifs is 7. The lowest BCUT2D eigenvalue weighted by Crippen LogP contribution is -2.30. The monoisotopic (exact) mass is 546 g/mol. The summed E-state index contributed by atoms with van der Waals surface area (Å²) in [4.78, 5) is 2.53. The first-order valence-corrected chi connectivity index (χ1v) is 15.3. The molecule has 0 amide bonds. The van der Waals surface area contributed by atoms with Crippen molar-refractivity contribution >= 4 is 28.4 Å². The van der Waals surface area contributed by atoms with Crippen molar-refractivity contribution < 1.29 is 0 Å². The van der Waals surface area contributed by atoms with E-state index in [1.54, 1.807) is 0 Å². The highest BCUT2D eigenvalue weighted by Crippen LogP contribution is 2.53. The molecule has 6 aromatic rings. The second kappa shape index (κ2) is 12.0. The van der Waals surface area contributed by atoms with Crippen LogP contribution in [0, 0.1) is 0 Å². The lowest BCUT2D eigenvalue weighted by Gasteiger charge is -2.31. The van der Waals surface area contributed by atoms with Crippen molar-refractivity contribution in [3.63, 3.8) is 0 Å². The molecule has 1 aromatic heterocycles. The van der Waals surface area contributed by atoms with Crippen molar-refractivity contribution in [1.29, 1.82) is 0 Å². The maximum absolute atomic E-state index is 2.53. The molecule has 5 aromatic carbocycles. The molecular formula is C40H38N2. The van der Waals surface area contributed by atoms with Gasteiger partial charge < -0.3 is 9.47 Å². The molecule has 42 heavy (non-hydrogen) atoms. The van der Waals surface area contributed by atoms with E-state index in [9.17, 15) is 0 Å². The van der Waals surface area contributed by atoms with Gasteiger partial charge in [0.25, 0.3) is 0 Å². The SMILES string of the molecule is C1=CC2C(c3ccccc3N2c2ccc(-c3ccccc3)cc2)c2c1n(-c1ccccc1)c1ccccc21.CC.CC. The third kappa shape index (κ3) is 4.44. The van der Waals surface area contributed by atoms with Crippen LogP contribution in [0.15, 0.2) is 140 Å². The molecule has 0 fully saturated rings. The lowest BCUT2D eigenvalue weighted by molar-refractivity contribution is 0.725. The Morgan fingerprint density at radius 2 is 1.12 bits per heavy atom. The van der Waals surface area contributed by atoms with Gasteiger partial charge in [-0.25, -0.2) is 0 Å². The quantitative estimate of drug-likeness (QED) is 0.214. The first-order chi connectivity index (χ1) is 20.9. The number of benzene rings is 5. The lowest BCUT2D eigenvalue weighted by atomic mass is 9.82. The molecule has 1 aliphatic carbocycles. The Kier molecular flexibility index (Phi) is 7.79. The van der Waals surface area contributed by atoms with Crippen molar-refractivity contribution in [3.8, 4) is 16.8 Å². The highest BCUT2D eigenvalue weighted by Gasteiger charge is 2.43. The molecule has 1 aliphatic heterocycles. The van der Waals surface area contributed by atoms with Gasteiger partial charge in [0.15, 0.2) is 0 Å². The molecule has 0 saturated heterocycles. The summed E-state index contributed by atoms with van der Waals surface area (Å²) in [6, 6.07) is 48.4. The van der Waals surface area contributed by atoms with Crippen molar-refractivity contribution in [1.82, 2.24) is 4.57 Å². The highest BCUT2D eigenvalue weighted by molar-refractivity contribution is 5.94. The molecule has 0 N–H and O–H groups in total. The van der Waals surface area contributed by atoms with Gasteiger partial charge in [-0.3, -0.25) is 0 Å². The smallest absolute Gasteiger partial charge is 0.0637 e. The Morgan fingerprint density at radius 3 is 1.86 bits per heavy atom. The van der Waals surface area contributed by atoms with Crippen LogP contribution in [0.2, 0.25) is 0 Å². The van der Waals surface area contributed by atoms with E-state index in [2.05, 4.69) is 155 Å². The van der Waals surface area contributed by atoms with Gasteiger partial charge >= 0.3 is 0 Å². The molecule has 0 bridgehead atoms. The maximum Gasteiger partial charge on any atom is 0.0637 e. The minimum Gasteiger partial charge on any atom is -0.333 e. The standard InChI is InChI=1S/C36H26N2.2C2H6/c1-3-11-25(12-4-1)26-19-21-28(22-20-26)38-32-18-10-8-16-30(32)36-34(38)24-23-33-35(36)29-15-7-9-17-31(29)37(33)27-13-5-2-6-14-27;2*1-2/h1-24,34,36H;2*1-2H3. The van der Waals surface area contributed by atoms with Crippen LogP contribution in [0.25, 0.3) is 33.8 Å². The zero-order valence-electron chi connectivity index (χ0n) is 24.9. The summed E-state index contributed by atoms with van der Waals surface area (Å²) in [6.07, 6.45) is 4.76. The molecule has 2 atom stereocenters. The molecule has 2 heterocycles. The van der Waals surface area contributed by atoms with Crippen LogP contribution < -0.4 is 4.90 Å². The number of para-hydroxylation sites is 3. The molecular weight excluding hydrogens is 508 g/mol. The van der Waals surface area contributed by atoms with Crippen LogP contribution in [0.5, 0.6) is 0 Å². The van der Waals surface area contributed by atoms with Crippen LogP contribution >= 0.6 is 0 Å². The normalized spacial score (nSPS) is 16.0. The van der Waals surface area contributed by atoms with Gasteiger partial charge in [0, 0.05) is 28.4 Å². The first kappa shape index (κ1) is 27.4. The third-order valence-corrected chi connectivity index (χ3v) is 8.15. The first-order valence-electron chi connectivity index (χ1n) is 15.3. The number of rotatable bonds is 3. The van der Waals surface area contributed by atoms with Crippen LogP contribution in [0.4, 0.5) is 11.4 Å². The van der Waals surface area contributed by atoms with Gasteiger partial charge in [-0.05, 0) is 64.7 Å². The largest absolute Gasteiger partial charge is 0.333 e. The van der Waals surface area contributed by atoms with Gasteiger partial charge in [-0.1, -0.05) is 131 Å². The van der Waals surface area contributed by atoms with Gasteiger partial charge in [0.1, 0.15) is 0 Å². The summed E-state index contributed by atoms with van der Waals surface area (Å²) in [5, 5.41) is 1.33. The van der Waals surface area contributed by atoms with Gasteiger partial charge in [-0.15, -0.1) is 0 Å². The maximum atomic E-state index is 2.53. The zero-order chi connectivity index (χ0) is 29.1. The van der Waals surface area contributed by atoms with Crippen molar-refractivity contribution in [3.05, 3.63) is 156 Å². The summed E-state index contributed by atoms with van der Waals surface area (Å²) in [7, 11) is 0. The second-order valence-corrected chi connectivity index (χ2v) is 10.2. The molecule has 2 aliphatic rings. The predicted octanol–water partition coefficient (Wildman–Crippen LogP) is 11.0. The zero-order valence-corrected chi connectivity index (χ0v) is 24.9. The van der Waals surface area contributed by atoms with E-state index < -0.39 is 0 Å². The van der Waals surface area contributed by atoms with Gasteiger partial charge in [-0.2, -0.15) is 0 Å². The van der Waals surface area contributed by atoms with Crippen molar-refractivity contribution in [2.24, 2.45) is 0 Å². The Labute approximate surface area is 250 Å². The minimum absolute atomic E-state index is 0.220. The van der Waals surface area contributed by atoms with Crippen LogP contribution in [-0.2, 0) is 0 Å². The third-order valence-electron chi connectivity index (χ3n) is 8.15. The van der Waals surface area contributed by atoms with E-state index in [0.717, 1.165) is 0 Å². The summed E-state index contributed by atoms with van der Waals surface area (Å²) < 4.78 is 2.43. The van der Waals surface area contributed by atoms with E-state index in [1.807, 2.05) is 27.7 Å². The fraction of sp³-hybridized carbons (Fsp3) is 0.150. The number of aromatic nitrogens is 1. The Balaban J connectivity index is 0.000000759. The van der Waals surface area contributed by atoms with Crippen molar-refractivity contribution in [2.75, 3.05) is 4.90 Å². The van der Waals surface area contributed by atoms with Crippen LogP contribution in [0.3, 0.4) is 0 Å². The van der Waals surface area contributed by atoms with E-state index in [1.165, 1.54) is 55.9 Å². The fourth-order valence-electron chi connectivity index (χ4n) is 6.56. The summed E-state index contributed by atoms with van der Waals surface area (Å²) in [6.45, 7) is 8.00. The Morgan fingerprint density at radius 1 is 0.524 bits per heavy atom. The molecule has 2 heteroatoms. The Bertz CT molecular complexity index is 1810. The molecule has 0 saturated carbocycles. The molecule has 2 nitrogen and oxygen atoms in total. The Hall–Kier alpha value is -4.82. The fourth-order valence-corrected chi connectivity index (χ4v) is 6.56. The summed E-state index contributed by atoms with van der Waals surface area (Å²) in [5.74, 6) is 0.259. The minimum atomic E-state index is 0.220. The molecule has 8 rings (SSSR count). The van der Waals surface area contributed by atoms with E-state index in [0.29, 0.717) is 0 Å². The van der Waals surface area contributed by atoms with Crippen molar-refractivity contribution in [2.45, 2.75) is 39.7 Å². The number of hydrogen-bond acceptors (Lipinski definition) is 1. The molecule has 0 radical (unpaired) electrons. The topological polar surface area (TPSA) is 8.17 Å². The number of nitrogens with zero attached hydrogens (tertiary/aromatic N) is 2. The van der Waals surface area contributed by atoms with E-state index >= 15 is 0 Å². The average Bonchev–Trinajstić information content (AvgIpc) is 3.60. The molecule has 2 unspecified atom stereocenters. The number of hydrogen-bond donors (Lipinski definition) is 0. The van der Waals surface area contributed by atoms with Crippen LogP contribution in [0.1, 0.15) is 50.4 Å². The molecule has 0 spiro atoms. The van der Waals surface area contributed by atoms with E-state index in [4.69, 9.17) is 0 Å². The average molecular weight is 547 g/mol. The van der Waals surface area contributed by atoms with Gasteiger partial charge in [0.2, 0.25) is 0 Å².